The summed E-state index contributed by atoms with van der Waals surface area (Å²) >= 11 is 11.8. The Morgan fingerprint density at radius 2 is 2.07 bits per heavy atom. The summed E-state index contributed by atoms with van der Waals surface area (Å²) < 4.78 is 0. The molecule has 0 radical (unpaired) electrons. The number of hydrazine groups is 1. The van der Waals surface area contributed by atoms with Gasteiger partial charge >= 0.3 is 0 Å². The van der Waals surface area contributed by atoms with Gasteiger partial charge in [0.2, 0.25) is 0 Å². The number of halogens is 2. The minimum absolute atomic E-state index is 0.258. The van der Waals surface area contributed by atoms with E-state index in [1.165, 1.54) is 0 Å². The van der Waals surface area contributed by atoms with Crippen molar-refractivity contribution < 1.29 is 0 Å². The number of hydrogen-bond acceptors (Lipinski definition) is 3. The van der Waals surface area contributed by atoms with Crippen LogP contribution in [0, 0.1) is 0 Å². The molecule has 5 heteroatoms. The van der Waals surface area contributed by atoms with E-state index in [0.717, 1.165) is 12.0 Å². The van der Waals surface area contributed by atoms with Crippen LogP contribution in [0.5, 0.6) is 0 Å². The van der Waals surface area contributed by atoms with E-state index in [1.807, 2.05) is 18.2 Å². The lowest BCUT2D eigenvalue weighted by molar-refractivity contribution is 0.546. The zero-order chi connectivity index (χ0) is 10.8. The van der Waals surface area contributed by atoms with Gasteiger partial charge in [-0.2, -0.15) is 0 Å². The molecule has 1 fully saturated rings. The number of rotatable bonds is 2. The van der Waals surface area contributed by atoms with Crippen molar-refractivity contribution in [2.45, 2.75) is 18.5 Å². The molecule has 0 aromatic heterocycles. The van der Waals surface area contributed by atoms with Gasteiger partial charge in [-0.25, -0.2) is 5.43 Å². The van der Waals surface area contributed by atoms with Crippen LogP contribution in [0.15, 0.2) is 18.2 Å². The van der Waals surface area contributed by atoms with E-state index in [4.69, 9.17) is 28.9 Å². The van der Waals surface area contributed by atoms with Gasteiger partial charge in [-0.15, -0.1) is 0 Å². The highest BCUT2D eigenvalue weighted by Crippen LogP contribution is 2.28. The van der Waals surface area contributed by atoms with Crippen LogP contribution in [0.2, 0.25) is 10.0 Å². The van der Waals surface area contributed by atoms with E-state index >= 15 is 0 Å². The quantitative estimate of drug-likeness (QED) is 0.746. The molecule has 15 heavy (non-hydrogen) atoms. The second-order valence-corrected chi connectivity index (χ2v) is 4.50. The molecule has 1 aliphatic heterocycles. The van der Waals surface area contributed by atoms with E-state index in [9.17, 15) is 0 Å². The minimum Gasteiger partial charge on any atom is -0.329 e. The number of nitrogens with two attached hydrogens (primary N) is 1. The van der Waals surface area contributed by atoms with Crippen LogP contribution >= 0.6 is 23.2 Å². The van der Waals surface area contributed by atoms with Gasteiger partial charge in [-0.1, -0.05) is 29.3 Å². The summed E-state index contributed by atoms with van der Waals surface area (Å²) in [5, 5.41) is 1.17. The topological polar surface area (TPSA) is 50.1 Å². The zero-order valence-electron chi connectivity index (χ0n) is 8.13. The summed E-state index contributed by atoms with van der Waals surface area (Å²) in [5.74, 6) is 0. The van der Waals surface area contributed by atoms with Gasteiger partial charge in [-0.05, 0) is 24.1 Å². The zero-order valence-corrected chi connectivity index (χ0v) is 9.65. The van der Waals surface area contributed by atoms with Gasteiger partial charge in [0.1, 0.15) is 0 Å². The molecule has 1 aromatic carbocycles. The number of hydrogen-bond donors (Lipinski definition) is 3. The van der Waals surface area contributed by atoms with Gasteiger partial charge in [-0.3, -0.25) is 5.43 Å². The van der Waals surface area contributed by atoms with Crippen molar-refractivity contribution in [3.63, 3.8) is 0 Å². The Kier molecular flexibility index (Phi) is 3.49. The van der Waals surface area contributed by atoms with E-state index in [1.54, 1.807) is 0 Å². The Morgan fingerprint density at radius 3 is 2.67 bits per heavy atom. The fourth-order valence-corrected chi connectivity index (χ4v) is 2.03. The first-order valence-electron chi connectivity index (χ1n) is 4.87. The molecule has 0 amide bonds. The lowest BCUT2D eigenvalue weighted by atomic mass is 10.0. The van der Waals surface area contributed by atoms with Crippen molar-refractivity contribution >= 4 is 23.2 Å². The fourth-order valence-electron chi connectivity index (χ4n) is 1.72. The van der Waals surface area contributed by atoms with Crippen LogP contribution in [-0.2, 0) is 0 Å². The second kappa shape index (κ2) is 4.68. The first-order chi connectivity index (χ1) is 7.20. The largest absolute Gasteiger partial charge is 0.329 e. The smallest absolute Gasteiger partial charge is 0.0595 e. The monoisotopic (exact) mass is 245 g/mol. The summed E-state index contributed by atoms with van der Waals surface area (Å²) in [7, 11) is 0. The summed E-state index contributed by atoms with van der Waals surface area (Å²) in [6.07, 6.45) is 0.967. The van der Waals surface area contributed by atoms with Crippen molar-refractivity contribution in [3.8, 4) is 0 Å². The molecule has 2 atom stereocenters. The molecule has 4 N–H and O–H groups in total. The van der Waals surface area contributed by atoms with Crippen LogP contribution in [0.4, 0.5) is 0 Å². The van der Waals surface area contributed by atoms with Gasteiger partial charge in [0.05, 0.1) is 10.0 Å². The number of nitrogens with one attached hydrogen (secondary N) is 2. The average molecular weight is 246 g/mol. The molecule has 1 aromatic rings. The highest BCUT2D eigenvalue weighted by molar-refractivity contribution is 6.42. The van der Waals surface area contributed by atoms with Crippen LogP contribution in [0.25, 0.3) is 0 Å². The van der Waals surface area contributed by atoms with Crippen molar-refractivity contribution in [1.29, 1.82) is 0 Å². The molecular formula is C10H13Cl2N3. The van der Waals surface area contributed by atoms with Crippen LogP contribution < -0.4 is 16.6 Å². The molecule has 1 heterocycles. The third-order valence-corrected chi connectivity index (χ3v) is 3.35. The Balaban J connectivity index is 2.13. The Bertz CT molecular complexity index is 357. The first-order valence-corrected chi connectivity index (χ1v) is 5.62. The highest BCUT2D eigenvalue weighted by Gasteiger charge is 2.23. The van der Waals surface area contributed by atoms with Gasteiger partial charge in [0, 0.05) is 18.6 Å². The van der Waals surface area contributed by atoms with Crippen LogP contribution in [0.3, 0.4) is 0 Å². The van der Waals surface area contributed by atoms with Gasteiger partial charge in [0.25, 0.3) is 0 Å². The van der Waals surface area contributed by atoms with E-state index in [0.29, 0.717) is 22.6 Å². The molecule has 1 aliphatic rings. The molecule has 0 bridgehead atoms. The Hall–Kier alpha value is -0.320. The average Bonchev–Trinajstić information content (AvgIpc) is 2.70. The number of benzene rings is 1. The Morgan fingerprint density at radius 1 is 1.27 bits per heavy atom. The molecule has 3 nitrogen and oxygen atoms in total. The van der Waals surface area contributed by atoms with E-state index in [2.05, 4.69) is 10.9 Å². The summed E-state index contributed by atoms with van der Waals surface area (Å²) in [6, 6.07) is 6.27. The van der Waals surface area contributed by atoms with Crippen LogP contribution in [0.1, 0.15) is 18.0 Å². The van der Waals surface area contributed by atoms with Gasteiger partial charge in [0.15, 0.2) is 0 Å². The van der Waals surface area contributed by atoms with E-state index < -0.39 is 0 Å². The van der Waals surface area contributed by atoms with Crippen LogP contribution in [-0.4, -0.2) is 12.6 Å². The maximum absolute atomic E-state index is 5.96. The predicted molar refractivity (Wildman–Crippen MR) is 62.9 cm³/mol. The maximum Gasteiger partial charge on any atom is 0.0595 e. The second-order valence-electron chi connectivity index (χ2n) is 3.68. The third kappa shape index (κ3) is 2.44. The maximum atomic E-state index is 5.96. The molecule has 0 spiro atoms. The first kappa shape index (κ1) is 11.2. The standard InChI is InChI=1S/C10H13Cl2N3/c11-8-2-1-6(3-9(8)12)10-4-7(5-13)14-15-10/h1-3,7,10,14-15H,4-5,13H2. The van der Waals surface area contributed by atoms with Crippen molar-refractivity contribution in [3.05, 3.63) is 33.8 Å². The molecule has 0 saturated carbocycles. The molecule has 2 rings (SSSR count). The molecule has 2 unspecified atom stereocenters. The third-order valence-electron chi connectivity index (χ3n) is 2.61. The summed E-state index contributed by atoms with van der Waals surface area (Å²) in [6.45, 7) is 0.630. The van der Waals surface area contributed by atoms with Crippen molar-refractivity contribution in [1.82, 2.24) is 10.9 Å². The SMILES string of the molecule is NCC1CC(c2ccc(Cl)c(Cl)c2)NN1. The summed E-state index contributed by atoms with van der Waals surface area (Å²) in [4.78, 5) is 0. The molecular weight excluding hydrogens is 233 g/mol. The van der Waals surface area contributed by atoms with Crippen molar-refractivity contribution in [2.24, 2.45) is 5.73 Å². The predicted octanol–water partition coefficient (Wildman–Crippen LogP) is 1.86. The van der Waals surface area contributed by atoms with Crippen molar-refractivity contribution in [2.75, 3.05) is 6.54 Å². The summed E-state index contributed by atoms with van der Waals surface area (Å²) in [5.41, 5.74) is 13.0. The fraction of sp³-hybridized carbons (Fsp3) is 0.400. The van der Waals surface area contributed by atoms with E-state index in [-0.39, 0.29) is 6.04 Å². The lowest BCUT2D eigenvalue weighted by Crippen LogP contribution is -2.35. The normalized spacial score (nSPS) is 25.8. The lowest BCUT2D eigenvalue weighted by Gasteiger charge is -2.10. The highest BCUT2D eigenvalue weighted by atomic mass is 35.5. The minimum atomic E-state index is 0.258. The molecule has 82 valence electrons. The molecule has 0 aliphatic carbocycles. The molecule has 1 saturated heterocycles. The van der Waals surface area contributed by atoms with Gasteiger partial charge < -0.3 is 5.73 Å². The Labute approximate surface area is 98.9 Å².